The summed E-state index contributed by atoms with van der Waals surface area (Å²) in [5.74, 6) is 1.20. The van der Waals surface area contributed by atoms with E-state index in [0.717, 1.165) is 0 Å². The van der Waals surface area contributed by atoms with Crippen LogP contribution in [0.5, 0.6) is 5.75 Å². The number of hydrogen-bond donors (Lipinski definition) is 0. The summed E-state index contributed by atoms with van der Waals surface area (Å²) in [6, 6.07) is 16.6. The van der Waals surface area contributed by atoms with Gasteiger partial charge in [0.05, 0.1) is 8.07 Å². The van der Waals surface area contributed by atoms with Gasteiger partial charge < -0.3 is 4.74 Å². The van der Waals surface area contributed by atoms with Crippen molar-refractivity contribution in [2.24, 2.45) is 10.8 Å². The first-order chi connectivity index (χ1) is 19.2. The molecule has 0 heterocycles. The van der Waals surface area contributed by atoms with E-state index in [0.29, 0.717) is 12.1 Å². The molecule has 2 aromatic rings. The average Bonchev–Trinajstić information content (AvgIpc) is 3.23. The molecule has 218 valence electrons. The Kier molecular flexibility index (Phi) is 7.65. The van der Waals surface area contributed by atoms with Crippen molar-refractivity contribution in [3.05, 3.63) is 87.8 Å². The van der Waals surface area contributed by atoms with E-state index in [-0.39, 0.29) is 10.8 Å². The first kappa shape index (κ1) is 30.1. The summed E-state index contributed by atoms with van der Waals surface area (Å²) in [7, 11) is -3.91. The lowest BCUT2D eigenvalue weighted by Gasteiger charge is -2.43. The Bertz CT molecular complexity index is 1570. The highest BCUT2D eigenvalue weighted by Gasteiger charge is 2.54. The van der Waals surface area contributed by atoms with Crippen LogP contribution < -0.4 is 25.5 Å². The lowest BCUT2D eigenvalue weighted by molar-refractivity contribution is 0.368. The Morgan fingerprint density at radius 1 is 0.976 bits per heavy atom. The van der Waals surface area contributed by atoms with Gasteiger partial charge in [0.25, 0.3) is 0 Å². The second kappa shape index (κ2) is 10.4. The van der Waals surface area contributed by atoms with Crippen LogP contribution in [0.2, 0.25) is 37.3 Å². The van der Waals surface area contributed by atoms with Gasteiger partial charge in [-0.2, -0.15) is 0 Å². The summed E-state index contributed by atoms with van der Waals surface area (Å²) < 4.78 is 6.79. The molecule has 0 bridgehead atoms. The van der Waals surface area contributed by atoms with Gasteiger partial charge in [-0.1, -0.05) is 140 Å². The molecule has 0 saturated carbocycles. The van der Waals surface area contributed by atoms with Crippen LogP contribution in [0.25, 0.3) is 11.6 Å². The Labute approximate surface area is 251 Å². The van der Waals surface area contributed by atoms with Crippen LogP contribution in [0.3, 0.4) is 0 Å². The fourth-order valence-electron chi connectivity index (χ4n) is 8.28. The van der Waals surface area contributed by atoms with Crippen molar-refractivity contribution in [1.82, 2.24) is 0 Å². The molecular formula is C38H52OSi2. The molecule has 3 heteroatoms. The number of allylic oxidation sites excluding steroid dienone is 4. The molecular weight excluding hydrogens is 529 g/mol. The Hall–Kier alpha value is -2.37. The monoisotopic (exact) mass is 580 g/mol. The maximum absolute atomic E-state index is 6.79. The summed E-state index contributed by atoms with van der Waals surface area (Å²) in [6.07, 6.45) is 9.57. The third kappa shape index (κ3) is 4.91. The van der Waals surface area contributed by atoms with E-state index < -0.39 is 16.1 Å². The topological polar surface area (TPSA) is 9.23 Å². The highest BCUT2D eigenvalue weighted by molar-refractivity contribution is 6.97. The van der Waals surface area contributed by atoms with Crippen LogP contribution in [0.4, 0.5) is 0 Å². The Balaban J connectivity index is 1.94. The smallest absolute Gasteiger partial charge is 0.118 e. The Morgan fingerprint density at radius 3 is 2.27 bits per heavy atom. The number of benzene rings is 2. The summed E-state index contributed by atoms with van der Waals surface area (Å²) in [6.45, 7) is 29.1. The van der Waals surface area contributed by atoms with Crippen molar-refractivity contribution in [1.29, 1.82) is 0 Å². The predicted molar refractivity (Wildman–Crippen MR) is 185 cm³/mol. The number of ether oxygens (including phenoxy) is 1. The van der Waals surface area contributed by atoms with Gasteiger partial charge in [0, 0.05) is 11.0 Å². The molecule has 1 nitrogen and oxygen atoms in total. The van der Waals surface area contributed by atoms with Crippen molar-refractivity contribution in [3.8, 4) is 5.75 Å². The highest BCUT2D eigenvalue weighted by Crippen LogP contribution is 2.61. The summed E-state index contributed by atoms with van der Waals surface area (Å²) in [4.78, 5) is 0. The van der Waals surface area contributed by atoms with Crippen LogP contribution in [0.1, 0.15) is 59.9 Å². The molecule has 3 aliphatic carbocycles. The van der Waals surface area contributed by atoms with Crippen LogP contribution in [-0.4, -0.2) is 22.8 Å². The molecule has 0 fully saturated rings. The minimum Gasteiger partial charge on any atom is -0.490 e. The van der Waals surface area contributed by atoms with E-state index >= 15 is 0 Å². The average molecular weight is 581 g/mol. The third-order valence-electron chi connectivity index (χ3n) is 10.2. The van der Waals surface area contributed by atoms with Crippen molar-refractivity contribution < 1.29 is 4.74 Å². The largest absolute Gasteiger partial charge is 0.490 e. The second-order valence-corrected chi connectivity index (χ2v) is 25.0. The summed E-state index contributed by atoms with van der Waals surface area (Å²) in [5.41, 5.74) is 8.62. The first-order valence-electron chi connectivity index (χ1n) is 15.9. The zero-order valence-corrected chi connectivity index (χ0v) is 29.4. The van der Waals surface area contributed by atoms with Crippen molar-refractivity contribution in [2.45, 2.75) is 98.6 Å². The van der Waals surface area contributed by atoms with Gasteiger partial charge in [0.2, 0.25) is 0 Å². The SMILES string of the molecule is C=CCOc1c([Si](C)(C)C)cc(C)cc1[Si](CC)(CC)C1C2=CC(C)(C)CCC2=C2C1=c1ccccc1=CC2(C)C. The van der Waals surface area contributed by atoms with Crippen LogP contribution in [-0.2, 0) is 0 Å². The molecule has 0 aliphatic heterocycles. The van der Waals surface area contributed by atoms with Crippen molar-refractivity contribution in [2.75, 3.05) is 6.61 Å². The standard InChI is InChI=1S/C38H52OSi2/c1-12-21-39-35-31(40(9,10)11)22-26(4)23-32(35)41(13-2,14-3)36-30-25-37(5,6)20-19-29(30)34-33(36)28-18-16-15-17-27(28)24-38(34,7)8/h12,15-18,22-25,36H,1,13-14,19-21H2,2-11H3. The molecule has 0 N–H and O–H groups in total. The molecule has 3 aliphatic rings. The summed E-state index contributed by atoms with van der Waals surface area (Å²) >= 11 is 0. The minimum atomic E-state index is -2.23. The molecule has 0 amide bonds. The van der Waals surface area contributed by atoms with Crippen LogP contribution in [0.15, 0.2) is 71.8 Å². The molecule has 0 spiro atoms. The van der Waals surface area contributed by atoms with Gasteiger partial charge in [0.15, 0.2) is 0 Å². The second-order valence-electron chi connectivity index (χ2n) is 15.1. The number of fused-ring (bicyclic) bond motifs is 3. The fourth-order valence-corrected chi connectivity index (χ4v) is 15.2. The van der Waals surface area contributed by atoms with E-state index in [2.05, 4.69) is 123 Å². The van der Waals surface area contributed by atoms with Gasteiger partial charge in [-0.05, 0) is 68.3 Å². The van der Waals surface area contributed by atoms with Gasteiger partial charge >= 0.3 is 0 Å². The fraction of sp³-hybridized carbons (Fsp3) is 0.474. The molecule has 0 aromatic heterocycles. The van der Waals surface area contributed by atoms with Gasteiger partial charge in [-0.3, -0.25) is 0 Å². The van der Waals surface area contributed by atoms with Crippen LogP contribution in [0, 0.1) is 17.8 Å². The molecule has 0 saturated heterocycles. The third-order valence-corrected chi connectivity index (χ3v) is 17.9. The molecule has 2 aromatic carbocycles. The van der Waals surface area contributed by atoms with Gasteiger partial charge in [-0.15, -0.1) is 0 Å². The minimum absolute atomic E-state index is 0.00816. The quantitative estimate of drug-likeness (QED) is 0.228. The normalized spacial score (nSPS) is 21.0. The van der Waals surface area contributed by atoms with Gasteiger partial charge in [0.1, 0.15) is 20.4 Å². The first-order valence-corrected chi connectivity index (χ1v) is 21.9. The lowest BCUT2D eigenvalue weighted by Crippen LogP contribution is -2.55. The maximum atomic E-state index is 6.79. The number of rotatable bonds is 8. The van der Waals surface area contributed by atoms with E-state index in [4.69, 9.17) is 4.74 Å². The van der Waals surface area contributed by atoms with E-state index in [1.165, 1.54) is 51.9 Å². The van der Waals surface area contributed by atoms with Crippen molar-refractivity contribution >= 4 is 38.2 Å². The zero-order chi connectivity index (χ0) is 30.0. The van der Waals surface area contributed by atoms with Crippen molar-refractivity contribution in [3.63, 3.8) is 0 Å². The van der Waals surface area contributed by atoms with Gasteiger partial charge in [-0.25, -0.2) is 0 Å². The molecule has 1 unspecified atom stereocenters. The lowest BCUT2D eigenvalue weighted by atomic mass is 9.73. The van der Waals surface area contributed by atoms with E-state index in [9.17, 15) is 0 Å². The molecule has 1 atom stereocenters. The number of hydrogen-bond acceptors (Lipinski definition) is 1. The molecule has 5 rings (SSSR count). The Morgan fingerprint density at radius 2 is 1.63 bits per heavy atom. The van der Waals surface area contributed by atoms with Crippen LogP contribution >= 0.6 is 0 Å². The highest BCUT2D eigenvalue weighted by atomic mass is 28.3. The zero-order valence-electron chi connectivity index (χ0n) is 27.4. The van der Waals surface area contributed by atoms with E-state index in [1.807, 2.05) is 6.08 Å². The maximum Gasteiger partial charge on any atom is 0.118 e. The predicted octanol–water partition coefficient (Wildman–Crippen LogP) is 7.90. The molecule has 41 heavy (non-hydrogen) atoms. The van der Waals surface area contributed by atoms with E-state index in [1.54, 1.807) is 27.5 Å². The number of aryl methyl sites for hydroxylation is 1. The molecule has 0 radical (unpaired) electrons. The summed E-state index contributed by atoms with van der Waals surface area (Å²) in [5, 5.41) is 5.90.